The minimum Gasteiger partial charge on any atom is -0.289 e. The minimum atomic E-state index is -0.179. The molecule has 0 aliphatic heterocycles. The average molecular weight is 180 g/mol. The third kappa shape index (κ3) is 2.40. The Kier molecular flexibility index (Phi) is 2.79. The van der Waals surface area contributed by atoms with Gasteiger partial charge in [0, 0.05) is 5.57 Å². The molecule has 0 saturated carbocycles. The summed E-state index contributed by atoms with van der Waals surface area (Å²) in [7, 11) is 0. The maximum absolute atomic E-state index is 11.3. The van der Waals surface area contributed by atoms with Gasteiger partial charge in [-0.3, -0.25) is 15.2 Å². The van der Waals surface area contributed by atoms with E-state index in [9.17, 15) is 4.79 Å². The summed E-state index contributed by atoms with van der Waals surface area (Å²) in [5.41, 5.74) is 0.641. The van der Waals surface area contributed by atoms with Gasteiger partial charge in [0.05, 0.1) is 0 Å². The smallest absolute Gasteiger partial charge is 0.253 e. The Bertz CT molecular complexity index is 340. The summed E-state index contributed by atoms with van der Waals surface area (Å²) in [6.07, 6.45) is 1.73. The number of carbonyl (C=O) groups excluding carboxylic acids is 1. The van der Waals surface area contributed by atoms with E-state index in [1.165, 1.54) is 0 Å². The number of rotatable bonds is 2. The number of aryl methyl sites for hydroxylation is 1. The second-order valence-electron chi connectivity index (χ2n) is 2.67. The summed E-state index contributed by atoms with van der Waals surface area (Å²) in [5, 5.41) is 8.97. The molecular weight excluding hydrogens is 168 g/mol. The van der Waals surface area contributed by atoms with Crippen LogP contribution in [0.1, 0.15) is 19.7 Å². The van der Waals surface area contributed by atoms with Crippen molar-refractivity contribution in [3.8, 4) is 0 Å². The van der Waals surface area contributed by atoms with Crippen molar-refractivity contribution in [2.45, 2.75) is 20.8 Å². The van der Waals surface area contributed by atoms with Gasteiger partial charge in [-0.15, -0.1) is 5.10 Å². The molecule has 1 amide bonds. The molecule has 0 aliphatic rings. The van der Waals surface area contributed by atoms with E-state index in [-0.39, 0.29) is 5.91 Å². The molecule has 0 fully saturated rings. The van der Waals surface area contributed by atoms with E-state index in [4.69, 9.17) is 0 Å². The minimum absolute atomic E-state index is 0.179. The summed E-state index contributed by atoms with van der Waals surface area (Å²) < 4.78 is 0. The number of anilines is 1. The first-order valence-corrected chi connectivity index (χ1v) is 3.96. The number of aromatic nitrogens is 3. The van der Waals surface area contributed by atoms with Crippen molar-refractivity contribution < 1.29 is 4.79 Å². The number of nitrogens with one attached hydrogen (secondary N) is 2. The first kappa shape index (κ1) is 9.44. The first-order valence-electron chi connectivity index (χ1n) is 3.96. The molecule has 0 bridgehead atoms. The van der Waals surface area contributed by atoms with Crippen molar-refractivity contribution in [2.75, 3.05) is 5.32 Å². The molecule has 13 heavy (non-hydrogen) atoms. The molecule has 0 atom stereocenters. The van der Waals surface area contributed by atoms with E-state index in [0.29, 0.717) is 17.3 Å². The van der Waals surface area contributed by atoms with E-state index in [1.807, 2.05) is 0 Å². The SMILES string of the molecule is C/C=C(/C)C(=O)Nc1n[nH]c(C)n1. The highest BCUT2D eigenvalue weighted by Gasteiger charge is 2.06. The largest absolute Gasteiger partial charge is 0.289 e. The van der Waals surface area contributed by atoms with E-state index >= 15 is 0 Å². The fourth-order valence-electron chi connectivity index (χ4n) is 0.730. The number of allylic oxidation sites excluding steroid dienone is 1. The van der Waals surface area contributed by atoms with E-state index in [2.05, 4.69) is 20.5 Å². The molecule has 1 aromatic rings. The highest BCUT2D eigenvalue weighted by Crippen LogP contribution is 2.00. The number of nitrogens with zero attached hydrogens (tertiary/aromatic N) is 2. The van der Waals surface area contributed by atoms with Crippen LogP contribution in [0, 0.1) is 6.92 Å². The first-order chi connectivity index (χ1) is 6.13. The van der Waals surface area contributed by atoms with E-state index in [1.54, 1.807) is 26.8 Å². The van der Waals surface area contributed by atoms with Gasteiger partial charge in [-0.05, 0) is 20.8 Å². The molecule has 0 unspecified atom stereocenters. The van der Waals surface area contributed by atoms with Crippen LogP contribution in [0.4, 0.5) is 5.95 Å². The van der Waals surface area contributed by atoms with Gasteiger partial charge < -0.3 is 0 Å². The Morgan fingerprint density at radius 1 is 1.62 bits per heavy atom. The molecule has 5 nitrogen and oxygen atoms in total. The highest BCUT2D eigenvalue weighted by atomic mass is 16.1. The van der Waals surface area contributed by atoms with Gasteiger partial charge in [0.2, 0.25) is 5.95 Å². The van der Waals surface area contributed by atoms with Crippen molar-refractivity contribution in [3.05, 3.63) is 17.5 Å². The van der Waals surface area contributed by atoms with Gasteiger partial charge in [-0.25, -0.2) is 0 Å². The van der Waals surface area contributed by atoms with Crippen LogP contribution < -0.4 is 5.32 Å². The van der Waals surface area contributed by atoms with Crippen molar-refractivity contribution in [1.29, 1.82) is 0 Å². The summed E-state index contributed by atoms with van der Waals surface area (Å²) in [5.74, 6) is 0.804. The molecule has 2 N–H and O–H groups in total. The van der Waals surface area contributed by atoms with Gasteiger partial charge in [-0.2, -0.15) is 4.98 Å². The van der Waals surface area contributed by atoms with Crippen LogP contribution in [0.3, 0.4) is 0 Å². The Balaban J connectivity index is 2.65. The molecule has 1 rings (SSSR count). The summed E-state index contributed by atoms with van der Waals surface area (Å²) in [6, 6.07) is 0. The standard InChI is InChI=1S/C8H12N4O/c1-4-5(2)7(13)10-8-9-6(3)11-12-8/h4H,1-3H3,(H2,9,10,11,12,13)/b5-4-. The van der Waals surface area contributed by atoms with Crippen LogP contribution >= 0.6 is 0 Å². The fourth-order valence-corrected chi connectivity index (χ4v) is 0.730. The van der Waals surface area contributed by atoms with E-state index < -0.39 is 0 Å². The second kappa shape index (κ2) is 3.84. The lowest BCUT2D eigenvalue weighted by Gasteiger charge is -1.98. The van der Waals surface area contributed by atoms with Crippen molar-refractivity contribution in [2.24, 2.45) is 0 Å². The van der Waals surface area contributed by atoms with Gasteiger partial charge in [0.1, 0.15) is 5.82 Å². The maximum Gasteiger partial charge on any atom is 0.253 e. The normalized spacial score (nSPS) is 11.5. The summed E-state index contributed by atoms with van der Waals surface area (Å²) in [6.45, 7) is 5.30. The lowest BCUT2D eigenvalue weighted by Crippen LogP contribution is -2.13. The Hall–Kier alpha value is -1.65. The van der Waals surface area contributed by atoms with Crippen LogP contribution in [0.15, 0.2) is 11.6 Å². The zero-order valence-electron chi connectivity index (χ0n) is 7.88. The van der Waals surface area contributed by atoms with Gasteiger partial charge in [-0.1, -0.05) is 6.08 Å². The number of H-pyrrole nitrogens is 1. The number of aromatic amines is 1. The third-order valence-electron chi connectivity index (χ3n) is 1.61. The van der Waals surface area contributed by atoms with Crippen LogP contribution in [-0.4, -0.2) is 21.1 Å². The summed E-state index contributed by atoms with van der Waals surface area (Å²) in [4.78, 5) is 15.2. The zero-order valence-corrected chi connectivity index (χ0v) is 7.88. The van der Waals surface area contributed by atoms with Gasteiger partial charge >= 0.3 is 0 Å². The molecular formula is C8H12N4O. The number of amides is 1. The lowest BCUT2D eigenvalue weighted by molar-refractivity contribution is -0.112. The van der Waals surface area contributed by atoms with E-state index in [0.717, 1.165) is 0 Å². The number of hydrogen-bond donors (Lipinski definition) is 2. The summed E-state index contributed by atoms with van der Waals surface area (Å²) >= 11 is 0. The zero-order chi connectivity index (χ0) is 9.84. The molecule has 0 spiro atoms. The quantitative estimate of drug-likeness (QED) is 0.667. The molecule has 0 saturated heterocycles. The van der Waals surface area contributed by atoms with Gasteiger partial charge in [0.25, 0.3) is 5.91 Å². The Labute approximate surface area is 76.3 Å². The van der Waals surface area contributed by atoms with Crippen LogP contribution in [0.5, 0.6) is 0 Å². The van der Waals surface area contributed by atoms with Crippen LogP contribution in [0.2, 0.25) is 0 Å². The topological polar surface area (TPSA) is 70.7 Å². The number of hydrogen-bond acceptors (Lipinski definition) is 3. The lowest BCUT2D eigenvalue weighted by atomic mass is 10.3. The number of carbonyl (C=O) groups is 1. The Morgan fingerprint density at radius 2 is 2.31 bits per heavy atom. The third-order valence-corrected chi connectivity index (χ3v) is 1.61. The molecule has 1 heterocycles. The predicted molar refractivity (Wildman–Crippen MR) is 49.2 cm³/mol. The van der Waals surface area contributed by atoms with Crippen molar-refractivity contribution in [3.63, 3.8) is 0 Å². The second-order valence-corrected chi connectivity index (χ2v) is 2.67. The molecule has 1 aromatic heterocycles. The molecule has 70 valence electrons. The fraction of sp³-hybridized carbons (Fsp3) is 0.375. The average Bonchev–Trinajstić information content (AvgIpc) is 2.49. The van der Waals surface area contributed by atoms with Gasteiger partial charge in [0.15, 0.2) is 0 Å². The molecule has 0 aliphatic carbocycles. The van der Waals surface area contributed by atoms with Crippen LogP contribution in [-0.2, 0) is 4.79 Å². The van der Waals surface area contributed by atoms with Crippen molar-refractivity contribution >= 4 is 11.9 Å². The monoisotopic (exact) mass is 180 g/mol. The van der Waals surface area contributed by atoms with Crippen molar-refractivity contribution in [1.82, 2.24) is 15.2 Å². The van der Waals surface area contributed by atoms with Crippen LogP contribution in [0.25, 0.3) is 0 Å². The highest BCUT2D eigenvalue weighted by molar-refractivity contribution is 6.02. The predicted octanol–water partition coefficient (Wildman–Crippen LogP) is 1.02. The maximum atomic E-state index is 11.3. The molecule has 0 radical (unpaired) electrons. The molecule has 5 heteroatoms. The Morgan fingerprint density at radius 3 is 2.77 bits per heavy atom. The molecule has 0 aromatic carbocycles.